The zero-order valence-electron chi connectivity index (χ0n) is 16.6. The van der Waals surface area contributed by atoms with Crippen LogP contribution in [0.2, 0.25) is 0 Å². The molecule has 0 saturated carbocycles. The van der Waals surface area contributed by atoms with Crippen molar-refractivity contribution in [2.75, 3.05) is 13.1 Å². The van der Waals surface area contributed by atoms with Crippen LogP contribution in [0, 0.1) is 0 Å². The molecule has 0 bridgehead atoms. The van der Waals surface area contributed by atoms with E-state index in [-0.39, 0.29) is 24.3 Å². The molecule has 3 amide bonds. The van der Waals surface area contributed by atoms with Crippen LogP contribution in [0.3, 0.4) is 0 Å². The van der Waals surface area contributed by atoms with Crippen molar-refractivity contribution in [2.45, 2.75) is 44.9 Å². The van der Waals surface area contributed by atoms with Crippen LogP contribution in [-0.2, 0) is 4.79 Å². The molecule has 0 spiro atoms. The summed E-state index contributed by atoms with van der Waals surface area (Å²) in [5.74, 6) is -0.575. The molecule has 1 aliphatic heterocycles. The van der Waals surface area contributed by atoms with Gasteiger partial charge in [0, 0.05) is 36.0 Å². The Bertz CT molecular complexity index is 942. The predicted molar refractivity (Wildman–Crippen MR) is 113 cm³/mol. The van der Waals surface area contributed by atoms with E-state index in [4.69, 9.17) is 0 Å². The summed E-state index contributed by atoms with van der Waals surface area (Å²) in [6, 6.07) is 11.0. The molecule has 2 aliphatic rings. The molecule has 2 aromatic carbocycles. The normalized spacial score (nSPS) is 16.1. The van der Waals surface area contributed by atoms with E-state index in [2.05, 4.69) is 11.4 Å². The molecule has 5 heteroatoms. The molecule has 1 N–H and O–H groups in total. The van der Waals surface area contributed by atoms with E-state index in [1.807, 2.05) is 24.3 Å². The summed E-state index contributed by atoms with van der Waals surface area (Å²) >= 11 is 0. The maximum Gasteiger partial charge on any atom is 0.261 e. The standard InChI is InChI=1S/C24H26N2O3/c27-21(25-15-14-17-7-2-1-3-8-17)13-6-16-26-23(28)19-11-4-9-18-10-5-12-20(22(18)19)24(26)29/h4-5,7,9-12H,1-3,6,8,13-16H2,(H,25,27). The number of amides is 3. The summed E-state index contributed by atoms with van der Waals surface area (Å²) in [7, 11) is 0. The lowest BCUT2D eigenvalue weighted by Gasteiger charge is -2.27. The Labute approximate surface area is 170 Å². The molecule has 1 heterocycles. The summed E-state index contributed by atoms with van der Waals surface area (Å²) in [4.78, 5) is 39.1. The highest BCUT2D eigenvalue weighted by molar-refractivity contribution is 6.25. The van der Waals surface area contributed by atoms with Crippen LogP contribution in [-0.4, -0.2) is 35.7 Å². The predicted octanol–water partition coefficient (Wildman–Crippen LogP) is 4.22. The van der Waals surface area contributed by atoms with Gasteiger partial charge in [-0.25, -0.2) is 0 Å². The maximum atomic E-state index is 12.8. The zero-order chi connectivity index (χ0) is 20.2. The summed E-state index contributed by atoms with van der Waals surface area (Å²) in [6.45, 7) is 0.905. The lowest BCUT2D eigenvalue weighted by Crippen LogP contribution is -2.41. The number of carbonyl (C=O) groups is 3. The minimum atomic E-state index is -0.274. The molecule has 5 nitrogen and oxygen atoms in total. The minimum absolute atomic E-state index is 0.0270. The highest BCUT2D eigenvalue weighted by atomic mass is 16.2. The molecule has 150 valence electrons. The molecule has 4 rings (SSSR count). The third-order valence-corrected chi connectivity index (χ3v) is 5.79. The van der Waals surface area contributed by atoms with Gasteiger partial charge in [-0.1, -0.05) is 35.9 Å². The van der Waals surface area contributed by atoms with Crippen molar-refractivity contribution >= 4 is 28.5 Å². The van der Waals surface area contributed by atoms with Crippen molar-refractivity contribution < 1.29 is 14.4 Å². The monoisotopic (exact) mass is 390 g/mol. The maximum absolute atomic E-state index is 12.8. The van der Waals surface area contributed by atoms with Crippen molar-refractivity contribution in [2.24, 2.45) is 0 Å². The highest BCUT2D eigenvalue weighted by Gasteiger charge is 2.32. The topological polar surface area (TPSA) is 66.5 Å². The zero-order valence-corrected chi connectivity index (χ0v) is 16.6. The van der Waals surface area contributed by atoms with Gasteiger partial charge in [0.1, 0.15) is 0 Å². The molecule has 0 atom stereocenters. The van der Waals surface area contributed by atoms with Crippen LogP contribution in [0.4, 0.5) is 0 Å². The smallest absolute Gasteiger partial charge is 0.261 e. The van der Waals surface area contributed by atoms with Crippen molar-refractivity contribution in [3.8, 4) is 0 Å². The molecule has 0 fully saturated rings. The van der Waals surface area contributed by atoms with Gasteiger partial charge >= 0.3 is 0 Å². The Morgan fingerprint density at radius 1 is 1.00 bits per heavy atom. The second-order valence-corrected chi connectivity index (χ2v) is 7.78. The number of nitrogens with zero attached hydrogens (tertiary/aromatic N) is 1. The van der Waals surface area contributed by atoms with Gasteiger partial charge in [0.25, 0.3) is 11.8 Å². The fraction of sp³-hybridized carbons (Fsp3) is 0.375. The molecule has 0 unspecified atom stereocenters. The SMILES string of the molecule is O=C(CCCN1C(=O)c2cccc3cccc(c23)C1=O)NCCC1=CCCCC1. The van der Waals surface area contributed by atoms with Gasteiger partial charge in [-0.05, 0) is 56.0 Å². The first-order valence-electron chi connectivity index (χ1n) is 10.5. The van der Waals surface area contributed by atoms with E-state index < -0.39 is 0 Å². The summed E-state index contributed by atoms with van der Waals surface area (Å²) < 4.78 is 0. The van der Waals surface area contributed by atoms with E-state index in [0.717, 1.165) is 30.0 Å². The van der Waals surface area contributed by atoms with Crippen LogP contribution in [0.1, 0.15) is 65.7 Å². The number of rotatable bonds is 7. The van der Waals surface area contributed by atoms with E-state index in [1.165, 1.54) is 23.3 Å². The third-order valence-electron chi connectivity index (χ3n) is 5.79. The Hall–Kier alpha value is -2.95. The van der Waals surface area contributed by atoms with Gasteiger partial charge in [-0.2, -0.15) is 0 Å². The molecule has 0 saturated heterocycles. The van der Waals surface area contributed by atoms with Crippen molar-refractivity contribution in [3.63, 3.8) is 0 Å². The van der Waals surface area contributed by atoms with E-state index in [1.54, 1.807) is 12.1 Å². The fourth-order valence-corrected chi connectivity index (χ4v) is 4.26. The molecular formula is C24H26N2O3. The van der Waals surface area contributed by atoms with Gasteiger partial charge < -0.3 is 5.32 Å². The van der Waals surface area contributed by atoms with Crippen LogP contribution in [0.25, 0.3) is 10.8 Å². The Kier molecular flexibility index (Phi) is 5.74. The van der Waals surface area contributed by atoms with Crippen LogP contribution >= 0.6 is 0 Å². The number of imide groups is 1. The van der Waals surface area contributed by atoms with Gasteiger partial charge in [-0.3, -0.25) is 19.3 Å². The first kappa shape index (κ1) is 19.4. The number of hydrogen-bond acceptors (Lipinski definition) is 3. The van der Waals surface area contributed by atoms with Crippen LogP contribution in [0.15, 0.2) is 48.0 Å². The van der Waals surface area contributed by atoms with Crippen molar-refractivity contribution in [1.29, 1.82) is 0 Å². The highest BCUT2D eigenvalue weighted by Crippen LogP contribution is 2.30. The molecule has 0 aromatic heterocycles. The summed E-state index contributed by atoms with van der Waals surface area (Å²) in [5, 5.41) is 4.58. The van der Waals surface area contributed by atoms with E-state index >= 15 is 0 Å². The number of allylic oxidation sites excluding steroid dienone is 1. The van der Waals surface area contributed by atoms with Gasteiger partial charge in [0.2, 0.25) is 5.91 Å². The Morgan fingerprint density at radius 3 is 2.38 bits per heavy atom. The second-order valence-electron chi connectivity index (χ2n) is 7.78. The lowest BCUT2D eigenvalue weighted by molar-refractivity contribution is -0.121. The van der Waals surface area contributed by atoms with Gasteiger partial charge in [-0.15, -0.1) is 0 Å². The van der Waals surface area contributed by atoms with Crippen molar-refractivity contribution in [1.82, 2.24) is 10.2 Å². The number of hydrogen-bond donors (Lipinski definition) is 1. The molecule has 0 radical (unpaired) electrons. The summed E-state index contributed by atoms with van der Waals surface area (Å²) in [5.41, 5.74) is 2.56. The Balaban J connectivity index is 1.31. The largest absolute Gasteiger partial charge is 0.356 e. The van der Waals surface area contributed by atoms with Crippen molar-refractivity contribution in [3.05, 3.63) is 59.2 Å². The van der Waals surface area contributed by atoms with Crippen LogP contribution < -0.4 is 5.32 Å². The first-order valence-corrected chi connectivity index (χ1v) is 10.5. The summed E-state index contributed by atoms with van der Waals surface area (Å²) in [6.07, 6.45) is 8.78. The second kappa shape index (κ2) is 8.60. The van der Waals surface area contributed by atoms with E-state index in [9.17, 15) is 14.4 Å². The third kappa shape index (κ3) is 4.09. The number of carbonyl (C=O) groups excluding carboxylic acids is 3. The fourth-order valence-electron chi connectivity index (χ4n) is 4.26. The van der Waals surface area contributed by atoms with E-state index in [0.29, 0.717) is 30.5 Å². The molecular weight excluding hydrogens is 364 g/mol. The quantitative estimate of drug-likeness (QED) is 0.568. The molecule has 29 heavy (non-hydrogen) atoms. The Morgan fingerprint density at radius 2 is 1.72 bits per heavy atom. The van der Waals surface area contributed by atoms with Crippen LogP contribution in [0.5, 0.6) is 0 Å². The minimum Gasteiger partial charge on any atom is -0.356 e. The number of nitrogens with one attached hydrogen (secondary N) is 1. The molecule has 1 aliphatic carbocycles. The lowest BCUT2D eigenvalue weighted by atomic mass is 9.94. The first-order chi connectivity index (χ1) is 14.1. The van der Waals surface area contributed by atoms with Gasteiger partial charge in [0.05, 0.1) is 0 Å². The number of benzene rings is 2. The average Bonchev–Trinajstić information content (AvgIpc) is 2.75. The molecule has 2 aromatic rings. The average molecular weight is 390 g/mol. The van der Waals surface area contributed by atoms with Gasteiger partial charge in [0.15, 0.2) is 0 Å².